The summed E-state index contributed by atoms with van der Waals surface area (Å²) in [5.41, 5.74) is 2.60. The summed E-state index contributed by atoms with van der Waals surface area (Å²) in [4.78, 5) is 18.8. The molecule has 138 valence electrons. The number of imidazole rings is 1. The average Bonchev–Trinajstić information content (AvgIpc) is 3.23. The quantitative estimate of drug-likeness (QED) is 0.518. The number of amides is 1. The zero-order valence-corrected chi connectivity index (χ0v) is 15.5. The highest BCUT2D eigenvalue weighted by atomic mass is 32.2. The monoisotopic (exact) mass is 383 g/mol. The molecule has 2 aromatic heterocycles. The Kier molecular flexibility index (Phi) is 4.81. The van der Waals surface area contributed by atoms with Crippen LogP contribution in [0.1, 0.15) is 12.5 Å². The number of carbonyl (C=O) groups is 1. The zero-order chi connectivity index (χ0) is 18.8. The van der Waals surface area contributed by atoms with Crippen LogP contribution in [0.15, 0.2) is 53.7 Å². The molecule has 0 aliphatic heterocycles. The van der Waals surface area contributed by atoms with E-state index in [1.807, 2.05) is 41.7 Å². The van der Waals surface area contributed by atoms with E-state index in [2.05, 4.69) is 15.2 Å². The van der Waals surface area contributed by atoms with Crippen molar-refractivity contribution < 1.29 is 9.18 Å². The highest BCUT2D eigenvalue weighted by molar-refractivity contribution is 7.99. The van der Waals surface area contributed by atoms with E-state index in [9.17, 15) is 9.18 Å². The minimum atomic E-state index is -0.295. The maximum absolute atomic E-state index is 13.4. The number of aromatic amines is 1. The Labute approximate surface area is 159 Å². The first kappa shape index (κ1) is 17.5. The number of aromatic nitrogens is 4. The van der Waals surface area contributed by atoms with E-state index < -0.39 is 0 Å². The summed E-state index contributed by atoms with van der Waals surface area (Å²) in [6.45, 7) is 2.86. The van der Waals surface area contributed by atoms with Gasteiger partial charge in [-0.05, 0) is 36.8 Å². The fourth-order valence-electron chi connectivity index (χ4n) is 2.99. The molecule has 0 atom stereocenters. The predicted molar refractivity (Wildman–Crippen MR) is 103 cm³/mol. The molecule has 0 radical (unpaired) electrons. The number of rotatable bonds is 6. The van der Waals surface area contributed by atoms with Gasteiger partial charge in [0.15, 0.2) is 5.16 Å². The molecule has 0 bridgehead atoms. The van der Waals surface area contributed by atoms with Crippen LogP contribution in [0.25, 0.3) is 16.8 Å². The number of fused-ring (bicyclic) bond motifs is 3. The van der Waals surface area contributed by atoms with Gasteiger partial charge < -0.3 is 4.90 Å². The number of hydrogen-bond acceptors (Lipinski definition) is 4. The molecule has 8 heteroatoms. The molecule has 0 unspecified atom stereocenters. The second-order valence-corrected chi connectivity index (χ2v) is 7.03. The summed E-state index contributed by atoms with van der Waals surface area (Å²) in [5, 5.41) is 7.87. The molecular weight excluding hydrogens is 365 g/mol. The van der Waals surface area contributed by atoms with Crippen LogP contribution in [0.3, 0.4) is 0 Å². The number of benzene rings is 2. The first-order valence-electron chi connectivity index (χ1n) is 8.62. The Morgan fingerprint density at radius 1 is 1.26 bits per heavy atom. The van der Waals surface area contributed by atoms with Crippen molar-refractivity contribution in [2.24, 2.45) is 0 Å². The SMILES string of the molecule is CCN(Cc1cccc(F)c1)C(=O)CSc1n[nH]c2nc3ccccc3n12. The molecule has 0 aliphatic carbocycles. The van der Waals surface area contributed by atoms with Crippen LogP contribution < -0.4 is 0 Å². The van der Waals surface area contributed by atoms with E-state index in [0.29, 0.717) is 24.0 Å². The fraction of sp³-hybridized carbons (Fsp3) is 0.211. The minimum absolute atomic E-state index is 0.0210. The average molecular weight is 383 g/mol. The third kappa shape index (κ3) is 3.52. The van der Waals surface area contributed by atoms with Gasteiger partial charge in [0.1, 0.15) is 5.82 Å². The Hall–Kier alpha value is -2.87. The van der Waals surface area contributed by atoms with Crippen LogP contribution in [-0.2, 0) is 11.3 Å². The number of H-pyrrole nitrogens is 1. The van der Waals surface area contributed by atoms with Crippen molar-refractivity contribution in [3.05, 3.63) is 59.9 Å². The Balaban J connectivity index is 1.49. The van der Waals surface area contributed by atoms with Crippen molar-refractivity contribution in [1.29, 1.82) is 0 Å². The molecule has 0 fully saturated rings. The number of nitrogens with one attached hydrogen (secondary N) is 1. The number of thioether (sulfide) groups is 1. The highest BCUT2D eigenvalue weighted by Gasteiger charge is 2.17. The lowest BCUT2D eigenvalue weighted by Crippen LogP contribution is -2.31. The molecule has 1 N–H and O–H groups in total. The van der Waals surface area contributed by atoms with Gasteiger partial charge in [0, 0.05) is 13.1 Å². The first-order valence-corrected chi connectivity index (χ1v) is 9.61. The number of hydrogen-bond donors (Lipinski definition) is 1. The number of nitrogens with zero attached hydrogens (tertiary/aromatic N) is 4. The highest BCUT2D eigenvalue weighted by Crippen LogP contribution is 2.23. The Morgan fingerprint density at radius 3 is 2.93 bits per heavy atom. The summed E-state index contributed by atoms with van der Waals surface area (Å²) >= 11 is 1.36. The molecule has 4 aromatic rings. The lowest BCUT2D eigenvalue weighted by Gasteiger charge is -2.20. The zero-order valence-electron chi connectivity index (χ0n) is 14.7. The van der Waals surface area contributed by atoms with Gasteiger partial charge in [0.25, 0.3) is 0 Å². The molecule has 4 rings (SSSR count). The largest absolute Gasteiger partial charge is 0.338 e. The standard InChI is InChI=1S/C19H18FN5OS/c1-2-24(11-13-6-5-7-14(20)10-13)17(26)12-27-19-23-22-18-21-15-8-3-4-9-16(15)25(18)19/h3-10H,2,11-12H2,1H3,(H,21,22). The van der Waals surface area contributed by atoms with Crippen LogP contribution in [0.5, 0.6) is 0 Å². The topological polar surface area (TPSA) is 66.3 Å². The second kappa shape index (κ2) is 7.40. The van der Waals surface area contributed by atoms with Crippen LogP contribution in [0.4, 0.5) is 4.39 Å². The number of para-hydroxylation sites is 2. The van der Waals surface area contributed by atoms with E-state index in [4.69, 9.17) is 0 Å². The molecule has 6 nitrogen and oxygen atoms in total. The van der Waals surface area contributed by atoms with Crippen molar-refractivity contribution in [1.82, 2.24) is 24.5 Å². The van der Waals surface area contributed by atoms with E-state index in [0.717, 1.165) is 16.6 Å². The summed E-state index contributed by atoms with van der Waals surface area (Å²) < 4.78 is 15.3. The van der Waals surface area contributed by atoms with Gasteiger partial charge >= 0.3 is 0 Å². The molecule has 1 amide bonds. The van der Waals surface area contributed by atoms with Crippen molar-refractivity contribution >= 4 is 34.5 Å². The molecule has 0 aliphatic rings. The van der Waals surface area contributed by atoms with Gasteiger partial charge in [-0.2, -0.15) is 0 Å². The minimum Gasteiger partial charge on any atom is -0.338 e. The maximum atomic E-state index is 13.4. The Bertz CT molecular complexity index is 1110. The summed E-state index contributed by atoms with van der Waals surface area (Å²) in [7, 11) is 0. The normalized spacial score (nSPS) is 11.3. The molecule has 0 spiro atoms. The third-order valence-corrected chi connectivity index (χ3v) is 5.25. The van der Waals surface area contributed by atoms with Gasteiger partial charge in [0.2, 0.25) is 11.7 Å². The molecule has 27 heavy (non-hydrogen) atoms. The molecular formula is C19H18FN5OS. The van der Waals surface area contributed by atoms with Gasteiger partial charge in [-0.25, -0.2) is 14.5 Å². The van der Waals surface area contributed by atoms with Crippen molar-refractivity contribution in [2.75, 3.05) is 12.3 Å². The smallest absolute Gasteiger partial charge is 0.233 e. The van der Waals surface area contributed by atoms with E-state index in [1.165, 1.54) is 23.9 Å². The lowest BCUT2D eigenvalue weighted by molar-refractivity contribution is -0.128. The van der Waals surface area contributed by atoms with Gasteiger partial charge in [-0.15, -0.1) is 5.10 Å². The van der Waals surface area contributed by atoms with Crippen LogP contribution in [0, 0.1) is 5.82 Å². The van der Waals surface area contributed by atoms with E-state index >= 15 is 0 Å². The maximum Gasteiger partial charge on any atom is 0.233 e. The van der Waals surface area contributed by atoms with Gasteiger partial charge in [0.05, 0.1) is 16.8 Å². The van der Waals surface area contributed by atoms with E-state index in [1.54, 1.807) is 11.0 Å². The van der Waals surface area contributed by atoms with Crippen LogP contribution >= 0.6 is 11.8 Å². The van der Waals surface area contributed by atoms with Gasteiger partial charge in [-0.3, -0.25) is 9.20 Å². The first-order chi connectivity index (χ1) is 13.2. The van der Waals surface area contributed by atoms with Crippen molar-refractivity contribution in [3.8, 4) is 0 Å². The summed E-state index contributed by atoms with van der Waals surface area (Å²) in [5.74, 6) is 0.581. The number of carbonyl (C=O) groups excluding carboxylic acids is 1. The van der Waals surface area contributed by atoms with Crippen LogP contribution in [-0.4, -0.2) is 42.7 Å². The van der Waals surface area contributed by atoms with E-state index in [-0.39, 0.29) is 17.5 Å². The lowest BCUT2D eigenvalue weighted by atomic mass is 10.2. The van der Waals surface area contributed by atoms with Crippen molar-refractivity contribution in [3.63, 3.8) is 0 Å². The fourth-order valence-corrected chi connectivity index (χ4v) is 3.85. The molecule has 2 aromatic carbocycles. The number of halogens is 1. The molecule has 0 saturated heterocycles. The third-order valence-electron chi connectivity index (χ3n) is 4.33. The molecule has 0 saturated carbocycles. The predicted octanol–water partition coefficient (Wildman–Crippen LogP) is 3.49. The second-order valence-electron chi connectivity index (χ2n) is 6.09. The Morgan fingerprint density at radius 2 is 2.11 bits per heavy atom. The molecule has 2 heterocycles. The van der Waals surface area contributed by atoms with Crippen molar-refractivity contribution in [2.45, 2.75) is 18.6 Å². The van der Waals surface area contributed by atoms with Crippen LogP contribution in [0.2, 0.25) is 0 Å². The summed E-state index contributed by atoms with van der Waals surface area (Å²) in [6, 6.07) is 14.1. The summed E-state index contributed by atoms with van der Waals surface area (Å²) in [6.07, 6.45) is 0. The van der Waals surface area contributed by atoms with Gasteiger partial charge in [-0.1, -0.05) is 36.0 Å².